The molecule has 0 aliphatic carbocycles. The molecule has 3 rings (SSSR count). The van der Waals surface area contributed by atoms with Crippen molar-refractivity contribution in [2.75, 3.05) is 40.3 Å². The van der Waals surface area contributed by atoms with Crippen LogP contribution in [-0.2, 0) is 16.6 Å². The van der Waals surface area contributed by atoms with Crippen molar-refractivity contribution in [2.24, 2.45) is 4.99 Å². The van der Waals surface area contributed by atoms with E-state index < -0.39 is 10.0 Å². The van der Waals surface area contributed by atoms with E-state index in [2.05, 4.69) is 19.9 Å². The maximum Gasteiger partial charge on any atom is 0.289 e. The van der Waals surface area contributed by atoms with E-state index >= 15 is 0 Å². The monoisotopic (exact) mass is 419 g/mol. The van der Waals surface area contributed by atoms with Crippen LogP contribution in [0.4, 0.5) is 0 Å². The Hall–Kier alpha value is -2.85. The van der Waals surface area contributed by atoms with Crippen LogP contribution in [0.15, 0.2) is 57.0 Å². The van der Waals surface area contributed by atoms with E-state index in [4.69, 9.17) is 4.42 Å². The molecule has 1 aromatic heterocycles. The Morgan fingerprint density at radius 3 is 2.31 bits per heavy atom. The highest BCUT2D eigenvalue weighted by atomic mass is 32.2. The summed E-state index contributed by atoms with van der Waals surface area (Å²) in [4.78, 5) is 20.8. The van der Waals surface area contributed by atoms with Crippen molar-refractivity contribution in [1.82, 2.24) is 19.8 Å². The Morgan fingerprint density at radius 2 is 1.76 bits per heavy atom. The van der Waals surface area contributed by atoms with Crippen LogP contribution in [0.1, 0.15) is 16.1 Å². The molecule has 2 N–H and O–H groups in total. The fourth-order valence-corrected chi connectivity index (χ4v) is 3.83. The lowest BCUT2D eigenvalue weighted by Crippen LogP contribution is -2.53. The van der Waals surface area contributed by atoms with Gasteiger partial charge in [-0.05, 0) is 36.9 Å². The number of furan rings is 1. The zero-order chi connectivity index (χ0) is 20.9. The molecule has 9 nitrogen and oxygen atoms in total. The van der Waals surface area contributed by atoms with Gasteiger partial charge in [-0.25, -0.2) is 13.1 Å². The molecule has 1 aromatic carbocycles. The highest BCUT2D eigenvalue weighted by Crippen LogP contribution is 2.11. The average molecular weight is 420 g/mol. The number of amides is 1. The lowest BCUT2D eigenvalue weighted by Gasteiger charge is -2.36. The minimum atomic E-state index is -3.44. The van der Waals surface area contributed by atoms with E-state index in [-0.39, 0.29) is 10.8 Å². The summed E-state index contributed by atoms with van der Waals surface area (Å²) < 4.78 is 31.1. The summed E-state index contributed by atoms with van der Waals surface area (Å²) in [6.07, 6.45) is 1.50. The minimum Gasteiger partial charge on any atom is -0.459 e. The van der Waals surface area contributed by atoms with Gasteiger partial charge in [0.25, 0.3) is 5.91 Å². The first-order valence-electron chi connectivity index (χ1n) is 9.25. The molecule has 1 aliphatic rings. The van der Waals surface area contributed by atoms with Crippen molar-refractivity contribution in [3.8, 4) is 0 Å². The number of guanidine groups is 1. The van der Waals surface area contributed by atoms with Gasteiger partial charge in [-0.1, -0.05) is 12.1 Å². The van der Waals surface area contributed by atoms with E-state index in [1.807, 2.05) is 0 Å². The van der Waals surface area contributed by atoms with Gasteiger partial charge in [-0.2, -0.15) is 0 Å². The van der Waals surface area contributed by atoms with Gasteiger partial charge >= 0.3 is 0 Å². The predicted molar refractivity (Wildman–Crippen MR) is 109 cm³/mol. The second kappa shape index (κ2) is 9.10. The lowest BCUT2D eigenvalue weighted by molar-refractivity contribution is 0.0657. The second-order valence-electron chi connectivity index (χ2n) is 6.51. The van der Waals surface area contributed by atoms with Crippen molar-refractivity contribution in [3.63, 3.8) is 0 Å². The molecule has 2 aromatic rings. The molecule has 0 unspecified atom stereocenters. The van der Waals surface area contributed by atoms with Crippen LogP contribution in [0.5, 0.6) is 0 Å². The van der Waals surface area contributed by atoms with Crippen molar-refractivity contribution in [1.29, 1.82) is 0 Å². The number of aliphatic imine (C=N–C) groups is 1. The number of sulfonamides is 1. The fraction of sp³-hybridized carbons (Fsp3) is 0.368. The molecule has 1 aliphatic heterocycles. The predicted octanol–water partition coefficient (Wildman–Crippen LogP) is 0.721. The fourth-order valence-electron chi connectivity index (χ4n) is 3.10. The smallest absolute Gasteiger partial charge is 0.289 e. The normalized spacial score (nSPS) is 15.4. The van der Waals surface area contributed by atoms with Crippen LogP contribution >= 0.6 is 0 Å². The number of nitrogens with one attached hydrogen (secondary N) is 2. The largest absolute Gasteiger partial charge is 0.459 e. The van der Waals surface area contributed by atoms with E-state index in [1.165, 1.54) is 13.3 Å². The van der Waals surface area contributed by atoms with Gasteiger partial charge in [0, 0.05) is 39.8 Å². The maximum absolute atomic E-state index is 12.4. The number of carbonyl (C=O) groups is 1. The third-order valence-electron chi connectivity index (χ3n) is 4.76. The van der Waals surface area contributed by atoms with Gasteiger partial charge in [0.1, 0.15) is 0 Å². The van der Waals surface area contributed by atoms with Crippen molar-refractivity contribution >= 4 is 21.9 Å². The number of hydrogen-bond donors (Lipinski definition) is 2. The highest BCUT2D eigenvalue weighted by Gasteiger charge is 2.25. The van der Waals surface area contributed by atoms with E-state index in [0.717, 1.165) is 11.5 Å². The third kappa shape index (κ3) is 4.96. The second-order valence-corrected chi connectivity index (χ2v) is 8.40. The zero-order valence-corrected chi connectivity index (χ0v) is 17.3. The molecule has 1 amide bonds. The molecule has 0 bridgehead atoms. The van der Waals surface area contributed by atoms with Crippen molar-refractivity contribution in [3.05, 3.63) is 54.0 Å². The Labute approximate surface area is 170 Å². The molecule has 0 spiro atoms. The van der Waals surface area contributed by atoms with Gasteiger partial charge < -0.3 is 19.5 Å². The van der Waals surface area contributed by atoms with Gasteiger partial charge in [0.05, 0.1) is 11.2 Å². The first-order valence-corrected chi connectivity index (χ1v) is 10.7. The van der Waals surface area contributed by atoms with E-state index in [0.29, 0.717) is 38.5 Å². The van der Waals surface area contributed by atoms with Crippen LogP contribution in [0.2, 0.25) is 0 Å². The van der Waals surface area contributed by atoms with Crippen molar-refractivity contribution in [2.45, 2.75) is 11.4 Å². The van der Waals surface area contributed by atoms with Crippen molar-refractivity contribution < 1.29 is 17.6 Å². The van der Waals surface area contributed by atoms with Crippen LogP contribution < -0.4 is 10.0 Å². The Kier molecular flexibility index (Phi) is 6.55. The number of piperazine rings is 1. The molecular formula is C19H25N5O4S. The summed E-state index contributed by atoms with van der Waals surface area (Å²) >= 11 is 0. The van der Waals surface area contributed by atoms with E-state index in [1.54, 1.807) is 48.3 Å². The molecule has 29 heavy (non-hydrogen) atoms. The topological polar surface area (TPSA) is 107 Å². The lowest BCUT2D eigenvalue weighted by atomic mass is 10.2. The summed E-state index contributed by atoms with van der Waals surface area (Å²) in [5, 5.41) is 3.29. The molecule has 1 fully saturated rings. The van der Waals surface area contributed by atoms with E-state index in [9.17, 15) is 13.2 Å². The number of carbonyl (C=O) groups excluding carboxylic acids is 1. The molecule has 0 radical (unpaired) electrons. The zero-order valence-electron chi connectivity index (χ0n) is 16.5. The number of rotatable bonds is 5. The average Bonchev–Trinajstić information content (AvgIpc) is 3.29. The summed E-state index contributed by atoms with van der Waals surface area (Å²) in [5.74, 6) is 0.987. The maximum atomic E-state index is 12.4. The first kappa shape index (κ1) is 20.9. The minimum absolute atomic E-state index is 0.103. The van der Waals surface area contributed by atoms with Gasteiger partial charge in [0.2, 0.25) is 10.0 Å². The van der Waals surface area contributed by atoms with Crippen LogP contribution in [-0.4, -0.2) is 70.4 Å². The molecular weight excluding hydrogens is 394 g/mol. The third-order valence-corrected chi connectivity index (χ3v) is 6.19. The van der Waals surface area contributed by atoms with Gasteiger partial charge in [-0.15, -0.1) is 0 Å². The standard InChI is InChI=1S/C19H25N5O4S/c1-20-19(22-14-15-5-7-16(8-6-15)29(26,27)21-2)24-11-9-23(10-12-24)18(25)17-4-3-13-28-17/h3-8,13,21H,9-12,14H2,1-2H3,(H,20,22). The number of nitrogens with zero attached hydrogens (tertiary/aromatic N) is 3. The first-order chi connectivity index (χ1) is 13.9. The summed E-state index contributed by atoms with van der Waals surface area (Å²) in [6.45, 7) is 2.99. The highest BCUT2D eigenvalue weighted by molar-refractivity contribution is 7.89. The molecule has 10 heteroatoms. The van der Waals surface area contributed by atoms with Crippen LogP contribution in [0.3, 0.4) is 0 Å². The Bertz CT molecular complexity index is 947. The number of hydrogen-bond acceptors (Lipinski definition) is 5. The quantitative estimate of drug-likeness (QED) is 0.546. The summed E-state index contributed by atoms with van der Waals surface area (Å²) in [5.41, 5.74) is 0.938. The summed E-state index contributed by atoms with van der Waals surface area (Å²) in [6, 6.07) is 10.1. The van der Waals surface area contributed by atoms with Crippen LogP contribution in [0.25, 0.3) is 0 Å². The molecule has 156 valence electrons. The Balaban J connectivity index is 1.53. The molecule has 1 saturated heterocycles. The van der Waals surface area contributed by atoms with Gasteiger partial charge in [0.15, 0.2) is 11.7 Å². The van der Waals surface area contributed by atoms with Crippen LogP contribution in [0, 0.1) is 0 Å². The SMILES string of the molecule is CN=C(NCc1ccc(S(=O)(=O)NC)cc1)N1CCN(C(=O)c2ccco2)CC1. The van der Waals surface area contributed by atoms with Gasteiger partial charge in [-0.3, -0.25) is 9.79 Å². The summed E-state index contributed by atoms with van der Waals surface area (Å²) in [7, 11) is -0.339. The molecule has 0 atom stereocenters. The number of benzene rings is 1. The Morgan fingerprint density at radius 1 is 1.10 bits per heavy atom. The molecule has 0 saturated carbocycles. The molecule has 2 heterocycles.